The minimum absolute atomic E-state index is 0.164. The zero-order valence-corrected chi connectivity index (χ0v) is 10.8. The quantitative estimate of drug-likeness (QED) is 0.252. The Hall–Kier alpha value is -1.01. The third-order valence-corrected chi connectivity index (χ3v) is 5.11. The second-order valence-electron chi connectivity index (χ2n) is 6.00. The number of nitrogens with zero attached hydrogens (tertiary/aromatic N) is 1. The van der Waals surface area contributed by atoms with Crippen LogP contribution in [0.2, 0.25) is 0 Å². The second-order valence-corrected chi connectivity index (χ2v) is 6.00. The van der Waals surface area contributed by atoms with E-state index in [-0.39, 0.29) is 12.6 Å². The predicted molar refractivity (Wildman–Crippen MR) is 64.3 cm³/mol. The highest BCUT2D eigenvalue weighted by Gasteiger charge is 2.79. The van der Waals surface area contributed by atoms with E-state index in [1.807, 2.05) is 0 Å². The molecule has 0 aromatic heterocycles. The molecule has 5 rings (SSSR count). The summed E-state index contributed by atoms with van der Waals surface area (Å²) in [4.78, 5) is 3.78. The summed E-state index contributed by atoms with van der Waals surface area (Å²) in [5.74, 6) is -4.06. The van der Waals surface area contributed by atoms with Gasteiger partial charge in [-0.3, -0.25) is 0 Å². The minimum Gasteiger partial charge on any atom is -0.396 e. The number of hydrogen-bond donors (Lipinski definition) is 7. The summed E-state index contributed by atoms with van der Waals surface area (Å²) in [5.41, 5.74) is 4.04. The van der Waals surface area contributed by atoms with E-state index in [4.69, 9.17) is 15.2 Å². The van der Waals surface area contributed by atoms with Crippen LogP contribution in [0.25, 0.3) is 0 Å². The van der Waals surface area contributed by atoms with Crippen LogP contribution in [0.4, 0.5) is 0 Å². The third kappa shape index (κ3) is 1.34. The predicted octanol–water partition coefficient (Wildman–Crippen LogP) is -4.63. The van der Waals surface area contributed by atoms with Gasteiger partial charge >= 0.3 is 5.97 Å². The largest absolute Gasteiger partial charge is 0.396 e. The maximum atomic E-state index is 10.6. The highest BCUT2D eigenvalue weighted by atomic mass is 16.8. The summed E-state index contributed by atoms with van der Waals surface area (Å²) in [7, 11) is 0. The fourth-order valence-electron chi connectivity index (χ4n) is 4.26. The number of nitrogens with one attached hydrogen (secondary N) is 1. The van der Waals surface area contributed by atoms with Gasteiger partial charge in [0.15, 0.2) is 18.3 Å². The number of aliphatic hydroxyl groups excluding tert-OH is 4. The molecule has 1 spiro atoms. The zero-order valence-electron chi connectivity index (χ0n) is 10.8. The zero-order chi connectivity index (χ0) is 15.2. The van der Waals surface area contributed by atoms with Gasteiger partial charge in [-0.05, 0) is 0 Å². The second kappa shape index (κ2) is 3.84. The summed E-state index contributed by atoms with van der Waals surface area (Å²) >= 11 is 0. The molecule has 21 heavy (non-hydrogen) atoms. The first-order valence-corrected chi connectivity index (χ1v) is 6.69. The van der Waals surface area contributed by atoms with Crippen LogP contribution in [0, 0.1) is 11.8 Å². The van der Waals surface area contributed by atoms with Crippen molar-refractivity contribution in [2.75, 3.05) is 6.61 Å². The van der Waals surface area contributed by atoms with Crippen LogP contribution in [0.15, 0.2) is 4.99 Å². The summed E-state index contributed by atoms with van der Waals surface area (Å²) in [6.45, 7) is -0.378. The van der Waals surface area contributed by atoms with Gasteiger partial charge in [-0.2, -0.15) is 0 Å². The molecule has 118 valence electrons. The van der Waals surface area contributed by atoms with Crippen LogP contribution in [0.5, 0.6) is 0 Å². The first kappa shape index (κ1) is 13.6. The fourth-order valence-corrected chi connectivity index (χ4v) is 4.26. The Morgan fingerprint density at radius 1 is 1.24 bits per heavy atom. The molecular weight excluding hydrogens is 286 g/mol. The molecule has 10 nitrogen and oxygen atoms in total. The molecule has 0 amide bonds. The van der Waals surface area contributed by atoms with Gasteiger partial charge in [0.1, 0.15) is 11.6 Å². The molecule has 10 heteroatoms. The highest BCUT2D eigenvalue weighted by Crippen LogP contribution is 2.57. The van der Waals surface area contributed by atoms with Crippen molar-refractivity contribution in [1.29, 1.82) is 0 Å². The number of ether oxygens (including phenoxy) is 2. The molecule has 0 aromatic carbocycles. The van der Waals surface area contributed by atoms with Crippen LogP contribution in [0.3, 0.4) is 0 Å². The third-order valence-electron chi connectivity index (χ3n) is 5.11. The molecular formula is C11H17N3O7. The topological polar surface area (TPSA) is 170 Å². The van der Waals surface area contributed by atoms with E-state index in [0.29, 0.717) is 0 Å². The van der Waals surface area contributed by atoms with Gasteiger partial charge in [0.25, 0.3) is 0 Å². The van der Waals surface area contributed by atoms with Gasteiger partial charge in [-0.25, -0.2) is 4.99 Å². The van der Waals surface area contributed by atoms with E-state index in [1.54, 1.807) is 0 Å². The average molecular weight is 303 g/mol. The molecule has 1 saturated carbocycles. The Bertz CT molecular complexity index is 518. The Kier molecular flexibility index (Phi) is 2.50. The van der Waals surface area contributed by atoms with Gasteiger partial charge < -0.3 is 46.1 Å². The molecule has 2 unspecified atom stereocenters. The van der Waals surface area contributed by atoms with Crippen molar-refractivity contribution in [2.24, 2.45) is 22.6 Å². The van der Waals surface area contributed by atoms with Crippen LogP contribution < -0.4 is 11.1 Å². The van der Waals surface area contributed by atoms with Crippen LogP contribution in [-0.2, 0) is 9.47 Å². The van der Waals surface area contributed by atoms with E-state index in [9.17, 15) is 25.5 Å². The standard InChI is InChI=1S/C11H17N3O7/c12-9-13-7(17)3-4-2(1-15)5-6(16)10(3,14-9)8(18)11(19,20-4)21-5/h2-8,15-19H,1H2,(H3,12,13,14)/t2-,3?,4-,5+,6-,7-,8+,10?,11-/m1/s1. The number of rotatable bonds is 1. The first-order chi connectivity index (χ1) is 9.85. The maximum Gasteiger partial charge on any atom is 0.311 e. The monoisotopic (exact) mass is 303 g/mol. The van der Waals surface area contributed by atoms with E-state index in [0.717, 1.165) is 0 Å². The lowest BCUT2D eigenvalue weighted by Gasteiger charge is -2.69. The Morgan fingerprint density at radius 2 is 1.90 bits per heavy atom. The lowest BCUT2D eigenvalue weighted by Crippen LogP contribution is -2.91. The van der Waals surface area contributed by atoms with Crippen LogP contribution >= 0.6 is 0 Å². The minimum atomic E-state index is -2.33. The molecule has 1 aliphatic carbocycles. The van der Waals surface area contributed by atoms with Crippen molar-refractivity contribution < 1.29 is 35.0 Å². The molecule has 4 fully saturated rings. The summed E-state index contributed by atoms with van der Waals surface area (Å²) in [5, 5.41) is 53.7. The van der Waals surface area contributed by atoms with Crippen molar-refractivity contribution in [2.45, 2.75) is 42.2 Å². The van der Waals surface area contributed by atoms with Crippen molar-refractivity contribution in [3.63, 3.8) is 0 Å². The molecule has 3 saturated heterocycles. The Morgan fingerprint density at radius 3 is 2.57 bits per heavy atom. The summed E-state index contributed by atoms with van der Waals surface area (Å²) in [6, 6.07) is 0. The number of aliphatic imine (C=N–C) groups is 1. The number of guanidine groups is 1. The Balaban J connectivity index is 1.91. The number of aliphatic hydroxyl groups is 5. The molecule has 0 radical (unpaired) electrons. The first-order valence-electron chi connectivity index (χ1n) is 6.69. The van der Waals surface area contributed by atoms with E-state index in [2.05, 4.69) is 10.3 Å². The van der Waals surface area contributed by atoms with Crippen molar-refractivity contribution >= 4 is 5.96 Å². The number of hydrogen-bond acceptors (Lipinski definition) is 10. The smallest absolute Gasteiger partial charge is 0.311 e. The highest BCUT2D eigenvalue weighted by molar-refractivity contribution is 5.80. The van der Waals surface area contributed by atoms with Crippen LogP contribution in [0.1, 0.15) is 0 Å². The van der Waals surface area contributed by atoms with Gasteiger partial charge in [0.2, 0.25) is 0 Å². The average Bonchev–Trinajstić information content (AvgIpc) is 2.41. The number of nitrogens with two attached hydrogens (primary N) is 1. The van der Waals surface area contributed by atoms with Crippen molar-refractivity contribution in [1.82, 2.24) is 5.32 Å². The molecule has 5 aliphatic rings. The van der Waals surface area contributed by atoms with Gasteiger partial charge in [0, 0.05) is 5.92 Å². The lowest BCUT2D eigenvalue weighted by atomic mass is 9.56. The van der Waals surface area contributed by atoms with E-state index < -0.39 is 54.0 Å². The normalized spacial score (nSPS) is 61.2. The van der Waals surface area contributed by atoms with Crippen LogP contribution in [-0.4, -0.2) is 80.3 Å². The maximum absolute atomic E-state index is 10.6. The molecule has 4 bridgehead atoms. The lowest BCUT2D eigenvalue weighted by molar-refractivity contribution is -0.530. The van der Waals surface area contributed by atoms with E-state index in [1.165, 1.54) is 0 Å². The molecule has 4 aliphatic heterocycles. The summed E-state index contributed by atoms with van der Waals surface area (Å²) in [6.07, 6.45) is -6.19. The molecule has 0 aromatic rings. The van der Waals surface area contributed by atoms with Gasteiger partial charge in [0.05, 0.1) is 24.7 Å². The molecule has 9 atom stereocenters. The molecule has 4 heterocycles. The van der Waals surface area contributed by atoms with Gasteiger partial charge in [-0.1, -0.05) is 0 Å². The fraction of sp³-hybridized carbons (Fsp3) is 0.909. The van der Waals surface area contributed by atoms with Gasteiger partial charge in [-0.15, -0.1) is 0 Å². The summed E-state index contributed by atoms with van der Waals surface area (Å²) < 4.78 is 10.6. The Labute approximate surface area is 118 Å². The van der Waals surface area contributed by atoms with Crippen molar-refractivity contribution in [3.05, 3.63) is 0 Å². The van der Waals surface area contributed by atoms with E-state index >= 15 is 0 Å². The van der Waals surface area contributed by atoms with Crippen molar-refractivity contribution in [3.8, 4) is 0 Å². The SMILES string of the molecule is NC1=N[C@H](O)C2[C@@H]3O[C@@]4(O)O[C@@H]([C@@H]3CO)[C@@H](O)C2(N1)[C@@H]4O. The molecule has 8 N–H and O–H groups in total.